The maximum Gasteiger partial charge on any atom is 0.296 e. The van der Waals surface area contributed by atoms with Gasteiger partial charge in [-0.3, -0.25) is 14.6 Å². The lowest BCUT2D eigenvalue weighted by Crippen LogP contribution is -2.29. The molecule has 6 nitrogen and oxygen atoms in total. The maximum atomic E-state index is 13.2. The molecule has 7 heteroatoms. The highest BCUT2D eigenvalue weighted by Crippen LogP contribution is 2.43. The van der Waals surface area contributed by atoms with Crippen LogP contribution in [-0.2, 0) is 16.1 Å². The molecule has 1 atom stereocenters. The minimum absolute atomic E-state index is 0.108. The van der Waals surface area contributed by atoms with Crippen LogP contribution in [0.5, 0.6) is 0 Å². The number of thiophene rings is 1. The summed E-state index contributed by atoms with van der Waals surface area (Å²) in [7, 11) is 0. The number of aromatic amines is 1. The number of hydrogen-bond acceptors (Lipinski definition) is 5. The molecule has 4 aromatic rings. The minimum atomic E-state index is -0.684. The van der Waals surface area contributed by atoms with Gasteiger partial charge in [-0.15, -0.1) is 11.3 Å². The van der Waals surface area contributed by atoms with E-state index in [0.29, 0.717) is 11.3 Å². The quantitative estimate of drug-likeness (QED) is 0.283. The fourth-order valence-corrected chi connectivity index (χ4v) is 5.11. The van der Waals surface area contributed by atoms with E-state index in [0.717, 1.165) is 21.3 Å². The molecule has 0 radical (unpaired) electrons. The lowest BCUT2D eigenvalue weighted by Gasteiger charge is -2.24. The smallest absolute Gasteiger partial charge is 0.296 e. The number of aromatic nitrogens is 2. The first-order chi connectivity index (χ1) is 15.1. The number of amides is 1. The maximum absolute atomic E-state index is 13.2. The molecule has 1 amide bonds. The molecule has 3 aromatic heterocycles. The van der Waals surface area contributed by atoms with Gasteiger partial charge >= 0.3 is 0 Å². The third-order valence-electron chi connectivity index (χ3n) is 5.59. The summed E-state index contributed by atoms with van der Waals surface area (Å²) in [6.45, 7) is 2.12. The Balaban J connectivity index is 1.69. The number of para-hydroxylation sites is 1. The van der Waals surface area contributed by atoms with Crippen molar-refractivity contribution >= 4 is 39.7 Å². The summed E-state index contributed by atoms with van der Waals surface area (Å²) in [5.74, 6) is -1.49. The summed E-state index contributed by atoms with van der Waals surface area (Å²) >= 11 is 1.47. The zero-order valence-electron chi connectivity index (χ0n) is 16.7. The van der Waals surface area contributed by atoms with Gasteiger partial charge in [-0.2, -0.15) is 0 Å². The van der Waals surface area contributed by atoms with Crippen molar-refractivity contribution in [2.75, 3.05) is 0 Å². The van der Waals surface area contributed by atoms with Crippen LogP contribution in [-0.4, -0.2) is 31.7 Å². The highest BCUT2D eigenvalue weighted by atomic mass is 32.1. The molecule has 1 unspecified atom stereocenters. The molecule has 1 fully saturated rings. The summed E-state index contributed by atoms with van der Waals surface area (Å²) in [5.41, 5.74) is 3.10. The third-order valence-corrected chi connectivity index (χ3v) is 6.66. The zero-order valence-corrected chi connectivity index (χ0v) is 17.5. The van der Waals surface area contributed by atoms with E-state index in [-0.39, 0.29) is 17.9 Å². The summed E-state index contributed by atoms with van der Waals surface area (Å²) in [6.07, 6.45) is 3.33. The summed E-state index contributed by atoms with van der Waals surface area (Å²) in [5, 5.41) is 14.0. The number of carbonyl (C=O) groups is 2. The molecule has 1 aliphatic heterocycles. The number of aryl methyl sites for hydroxylation is 1. The molecule has 2 N–H and O–H groups in total. The fourth-order valence-electron chi connectivity index (χ4n) is 4.06. The second-order valence-electron chi connectivity index (χ2n) is 7.46. The number of ketones is 1. The number of likely N-dealkylation sites (tertiary alicyclic amines) is 1. The zero-order chi connectivity index (χ0) is 21.5. The largest absolute Gasteiger partial charge is 0.507 e. The molecule has 1 aliphatic rings. The van der Waals surface area contributed by atoms with Crippen molar-refractivity contribution < 1.29 is 14.7 Å². The summed E-state index contributed by atoms with van der Waals surface area (Å²) in [4.78, 5) is 36.0. The molecule has 154 valence electrons. The van der Waals surface area contributed by atoms with E-state index in [1.807, 2.05) is 54.8 Å². The van der Waals surface area contributed by atoms with E-state index < -0.39 is 17.7 Å². The van der Waals surface area contributed by atoms with Gasteiger partial charge in [0.25, 0.3) is 11.7 Å². The Bertz CT molecular complexity index is 1340. The lowest BCUT2D eigenvalue weighted by atomic mass is 9.98. The molecule has 0 bridgehead atoms. The molecule has 1 aromatic carbocycles. The van der Waals surface area contributed by atoms with Crippen molar-refractivity contribution in [3.63, 3.8) is 0 Å². The van der Waals surface area contributed by atoms with Crippen LogP contribution in [0.15, 0.2) is 71.9 Å². The van der Waals surface area contributed by atoms with Gasteiger partial charge in [0.1, 0.15) is 11.8 Å². The minimum Gasteiger partial charge on any atom is -0.507 e. The molecule has 31 heavy (non-hydrogen) atoms. The molecular formula is C24H19N3O3S. The molecular weight excluding hydrogens is 410 g/mol. The van der Waals surface area contributed by atoms with Gasteiger partial charge in [-0.1, -0.05) is 24.3 Å². The highest BCUT2D eigenvalue weighted by Gasteiger charge is 2.47. The topological polar surface area (TPSA) is 86.3 Å². The number of nitrogens with one attached hydrogen (secondary N) is 1. The number of aliphatic hydroxyl groups excluding tert-OH is 1. The van der Waals surface area contributed by atoms with Gasteiger partial charge in [-0.05, 0) is 42.1 Å². The standard InChI is InChI=1S/C24H19N3O3S/c1-14-9-11-31-23(14)20-19(21(28)17-12-26-18-8-3-2-7-16(17)18)22(29)24(30)27(20)13-15-6-4-5-10-25-15/h2-12,20,26,28H,13H2,1H3/b21-19+. The molecule has 0 saturated carbocycles. The number of rotatable bonds is 4. The lowest BCUT2D eigenvalue weighted by molar-refractivity contribution is -0.140. The van der Waals surface area contributed by atoms with Crippen LogP contribution in [0.3, 0.4) is 0 Å². The number of hydrogen-bond donors (Lipinski definition) is 2. The van der Waals surface area contributed by atoms with Crippen LogP contribution in [0.2, 0.25) is 0 Å². The van der Waals surface area contributed by atoms with Crippen molar-refractivity contribution in [1.82, 2.24) is 14.9 Å². The van der Waals surface area contributed by atoms with E-state index >= 15 is 0 Å². The second kappa shape index (κ2) is 7.52. The second-order valence-corrected chi connectivity index (χ2v) is 8.41. The van der Waals surface area contributed by atoms with Gasteiger partial charge in [-0.25, -0.2) is 0 Å². The number of H-pyrrole nitrogens is 1. The van der Waals surface area contributed by atoms with Gasteiger partial charge in [0.2, 0.25) is 0 Å². The van der Waals surface area contributed by atoms with E-state index in [4.69, 9.17) is 0 Å². The number of carbonyl (C=O) groups excluding carboxylic acids is 2. The van der Waals surface area contributed by atoms with Crippen molar-refractivity contribution in [3.05, 3.63) is 93.6 Å². The van der Waals surface area contributed by atoms with E-state index in [1.165, 1.54) is 16.2 Å². The first-order valence-corrected chi connectivity index (χ1v) is 10.7. The van der Waals surface area contributed by atoms with E-state index in [2.05, 4.69) is 9.97 Å². The average Bonchev–Trinajstić information content (AvgIpc) is 3.47. The average molecular weight is 430 g/mol. The van der Waals surface area contributed by atoms with Crippen molar-refractivity contribution in [1.29, 1.82) is 0 Å². The van der Waals surface area contributed by atoms with Crippen LogP contribution in [0.1, 0.15) is 27.7 Å². The Morgan fingerprint density at radius 3 is 2.71 bits per heavy atom. The van der Waals surface area contributed by atoms with Crippen LogP contribution < -0.4 is 0 Å². The molecule has 5 rings (SSSR count). The molecule has 0 spiro atoms. The van der Waals surface area contributed by atoms with Gasteiger partial charge in [0.15, 0.2) is 0 Å². The normalized spacial score (nSPS) is 18.2. The number of Topliss-reactive ketones (excluding diaryl/α,β-unsaturated/α-hetero) is 1. The number of pyridine rings is 1. The first kappa shape index (κ1) is 19.3. The van der Waals surface area contributed by atoms with Crippen LogP contribution >= 0.6 is 11.3 Å². The molecule has 4 heterocycles. The Morgan fingerprint density at radius 2 is 1.97 bits per heavy atom. The number of fused-ring (bicyclic) bond motifs is 1. The van der Waals surface area contributed by atoms with Crippen LogP contribution in [0.25, 0.3) is 16.7 Å². The Kier molecular flexibility index (Phi) is 4.67. The Labute approximate surface area is 182 Å². The number of aliphatic hydroxyl groups is 1. The van der Waals surface area contributed by atoms with Gasteiger partial charge < -0.3 is 15.0 Å². The Hall–Kier alpha value is -3.71. The monoisotopic (exact) mass is 429 g/mol. The molecule has 0 aliphatic carbocycles. The van der Waals surface area contributed by atoms with Crippen LogP contribution in [0, 0.1) is 6.92 Å². The molecule has 1 saturated heterocycles. The summed E-state index contributed by atoms with van der Waals surface area (Å²) in [6, 6.07) is 14.3. The van der Waals surface area contributed by atoms with Crippen molar-refractivity contribution in [3.8, 4) is 0 Å². The third kappa shape index (κ3) is 3.14. The SMILES string of the molecule is Cc1ccsc1C1/C(=C(\O)c2c[nH]c3ccccc23)C(=O)C(=O)N1Cc1ccccn1. The van der Waals surface area contributed by atoms with Crippen LogP contribution in [0.4, 0.5) is 0 Å². The summed E-state index contributed by atoms with van der Waals surface area (Å²) < 4.78 is 0. The van der Waals surface area contributed by atoms with Gasteiger partial charge in [0, 0.05) is 33.7 Å². The van der Waals surface area contributed by atoms with Gasteiger partial charge in [0.05, 0.1) is 17.8 Å². The van der Waals surface area contributed by atoms with E-state index in [9.17, 15) is 14.7 Å². The van der Waals surface area contributed by atoms with E-state index in [1.54, 1.807) is 18.5 Å². The fraction of sp³-hybridized carbons (Fsp3) is 0.125. The highest BCUT2D eigenvalue weighted by molar-refractivity contribution is 7.10. The first-order valence-electron chi connectivity index (χ1n) is 9.85. The van der Waals surface area contributed by atoms with Crippen molar-refractivity contribution in [2.24, 2.45) is 0 Å². The predicted molar refractivity (Wildman–Crippen MR) is 119 cm³/mol. The Morgan fingerprint density at radius 1 is 1.16 bits per heavy atom. The van der Waals surface area contributed by atoms with Crippen molar-refractivity contribution in [2.45, 2.75) is 19.5 Å². The predicted octanol–water partition coefficient (Wildman–Crippen LogP) is 4.55. The number of nitrogens with zero attached hydrogens (tertiary/aromatic N) is 2. The number of benzene rings is 1.